The van der Waals surface area contributed by atoms with Crippen molar-refractivity contribution in [2.75, 3.05) is 12.4 Å². The fraction of sp³-hybridized carbons (Fsp3) is 0.217. The van der Waals surface area contributed by atoms with Gasteiger partial charge in [0.05, 0.1) is 35.9 Å². The Morgan fingerprint density at radius 1 is 1.19 bits per heavy atom. The molecule has 5 nitrogen and oxygen atoms in total. The molecule has 1 aliphatic heterocycles. The SMILES string of the molecule is [C-]#[N+]C1=C(C)NC(C)=C(C(=O)Nc2ccccc2OC)C1c1ccc(Cl)c(C(F)(F)F)c1. The number of hydrogen-bond acceptors (Lipinski definition) is 3. The number of amides is 1. The van der Waals surface area contributed by atoms with Crippen LogP contribution in [0.5, 0.6) is 5.75 Å². The van der Waals surface area contributed by atoms with E-state index < -0.39 is 28.6 Å². The highest BCUT2D eigenvalue weighted by atomic mass is 35.5. The largest absolute Gasteiger partial charge is 0.495 e. The second-order valence-electron chi connectivity index (χ2n) is 7.11. The van der Waals surface area contributed by atoms with Crippen molar-refractivity contribution in [2.24, 2.45) is 0 Å². The first-order valence-corrected chi connectivity index (χ1v) is 9.83. The molecule has 1 aliphatic rings. The Labute approximate surface area is 188 Å². The number of dihydropyridines is 1. The number of nitrogens with one attached hydrogen (secondary N) is 2. The van der Waals surface area contributed by atoms with Crippen molar-refractivity contribution in [3.05, 3.63) is 92.7 Å². The lowest BCUT2D eigenvalue weighted by atomic mass is 9.83. The van der Waals surface area contributed by atoms with E-state index in [9.17, 15) is 18.0 Å². The molecule has 1 heterocycles. The molecular weight excluding hydrogens is 443 g/mol. The number of ether oxygens (including phenoxy) is 1. The van der Waals surface area contributed by atoms with E-state index in [-0.39, 0.29) is 16.8 Å². The molecule has 166 valence electrons. The van der Waals surface area contributed by atoms with Gasteiger partial charge in [0.25, 0.3) is 5.91 Å². The van der Waals surface area contributed by atoms with Gasteiger partial charge in [-0.15, -0.1) is 0 Å². The van der Waals surface area contributed by atoms with E-state index in [1.807, 2.05) is 0 Å². The summed E-state index contributed by atoms with van der Waals surface area (Å²) in [6.07, 6.45) is -4.68. The molecule has 1 amide bonds. The van der Waals surface area contributed by atoms with E-state index in [0.29, 0.717) is 22.8 Å². The molecule has 0 bridgehead atoms. The number of para-hydroxylation sites is 2. The van der Waals surface area contributed by atoms with E-state index >= 15 is 0 Å². The van der Waals surface area contributed by atoms with Crippen LogP contribution in [0.1, 0.15) is 30.9 Å². The molecule has 0 aliphatic carbocycles. The average molecular weight is 462 g/mol. The molecule has 0 radical (unpaired) electrons. The summed E-state index contributed by atoms with van der Waals surface area (Å²) in [5.74, 6) is -1.16. The fourth-order valence-corrected chi connectivity index (χ4v) is 3.86. The molecule has 0 fully saturated rings. The highest BCUT2D eigenvalue weighted by molar-refractivity contribution is 6.31. The highest BCUT2D eigenvalue weighted by Crippen LogP contribution is 2.43. The molecule has 9 heteroatoms. The van der Waals surface area contributed by atoms with Gasteiger partial charge in [-0.3, -0.25) is 4.79 Å². The van der Waals surface area contributed by atoms with Gasteiger partial charge < -0.3 is 15.4 Å². The molecule has 0 saturated heterocycles. The number of carbonyl (C=O) groups is 1. The summed E-state index contributed by atoms with van der Waals surface area (Å²) in [5, 5.41) is 5.27. The first-order valence-electron chi connectivity index (χ1n) is 9.45. The Kier molecular flexibility index (Phi) is 6.51. The van der Waals surface area contributed by atoms with Crippen LogP contribution in [-0.2, 0) is 11.0 Å². The summed E-state index contributed by atoms with van der Waals surface area (Å²) in [7, 11) is 1.45. The van der Waals surface area contributed by atoms with Gasteiger partial charge in [0.2, 0.25) is 0 Å². The number of anilines is 1. The van der Waals surface area contributed by atoms with Crippen LogP contribution in [0.2, 0.25) is 5.02 Å². The standard InChI is InChI=1S/C23H19ClF3N3O2/c1-12-19(22(31)30-17-7-5-6-8-18(17)32-4)20(21(28-3)13(2)29-12)14-9-10-16(24)15(11-14)23(25,26)27/h5-11,20,29H,1-2,4H3,(H,30,31). The summed E-state index contributed by atoms with van der Waals surface area (Å²) >= 11 is 5.78. The molecule has 1 unspecified atom stereocenters. The van der Waals surface area contributed by atoms with E-state index in [1.165, 1.54) is 13.2 Å². The van der Waals surface area contributed by atoms with Gasteiger partial charge in [-0.25, -0.2) is 4.85 Å². The molecule has 0 spiro atoms. The van der Waals surface area contributed by atoms with E-state index in [2.05, 4.69) is 15.5 Å². The van der Waals surface area contributed by atoms with Crippen LogP contribution in [-0.4, -0.2) is 13.0 Å². The lowest BCUT2D eigenvalue weighted by Crippen LogP contribution is -2.30. The van der Waals surface area contributed by atoms with Gasteiger partial charge in [0.15, 0.2) is 5.70 Å². The Bertz CT molecular complexity index is 1180. The number of benzene rings is 2. The maximum absolute atomic E-state index is 13.5. The second kappa shape index (κ2) is 8.97. The summed E-state index contributed by atoms with van der Waals surface area (Å²) in [6.45, 7) is 10.9. The zero-order valence-electron chi connectivity index (χ0n) is 17.4. The number of methoxy groups -OCH3 is 1. The van der Waals surface area contributed by atoms with Crippen molar-refractivity contribution >= 4 is 23.2 Å². The first-order chi connectivity index (χ1) is 15.1. The first kappa shape index (κ1) is 23.2. The number of nitrogens with zero attached hydrogens (tertiary/aromatic N) is 1. The lowest BCUT2D eigenvalue weighted by Gasteiger charge is -2.29. The van der Waals surface area contributed by atoms with Crippen LogP contribution in [0.3, 0.4) is 0 Å². The summed E-state index contributed by atoms with van der Waals surface area (Å²) < 4.78 is 45.7. The molecule has 0 aromatic heterocycles. The smallest absolute Gasteiger partial charge is 0.417 e. The van der Waals surface area contributed by atoms with Crippen LogP contribution in [0.4, 0.5) is 18.9 Å². The third-order valence-electron chi connectivity index (χ3n) is 5.07. The van der Waals surface area contributed by atoms with Gasteiger partial charge in [0.1, 0.15) is 5.75 Å². The monoisotopic (exact) mass is 461 g/mol. The van der Waals surface area contributed by atoms with Crippen LogP contribution >= 0.6 is 11.6 Å². The van der Waals surface area contributed by atoms with E-state index in [4.69, 9.17) is 22.9 Å². The van der Waals surface area contributed by atoms with Gasteiger partial charge in [-0.1, -0.05) is 29.8 Å². The number of alkyl halides is 3. The van der Waals surface area contributed by atoms with Crippen LogP contribution in [0, 0.1) is 6.57 Å². The van der Waals surface area contributed by atoms with Crippen molar-refractivity contribution in [1.29, 1.82) is 0 Å². The van der Waals surface area contributed by atoms with E-state index in [0.717, 1.165) is 12.1 Å². The van der Waals surface area contributed by atoms with Crippen LogP contribution in [0.25, 0.3) is 4.85 Å². The Hall–Kier alpha value is -3.44. The number of hydrogen-bond donors (Lipinski definition) is 2. The molecule has 32 heavy (non-hydrogen) atoms. The van der Waals surface area contributed by atoms with Gasteiger partial charge in [0, 0.05) is 17.0 Å². The molecule has 2 aromatic rings. The predicted molar refractivity (Wildman–Crippen MR) is 116 cm³/mol. The van der Waals surface area contributed by atoms with Gasteiger partial charge >= 0.3 is 6.18 Å². The fourth-order valence-electron chi connectivity index (χ4n) is 3.63. The van der Waals surface area contributed by atoms with Crippen molar-refractivity contribution in [1.82, 2.24) is 5.32 Å². The van der Waals surface area contributed by atoms with Gasteiger partial charge in [-0.2, -0.15) is 13.2 Å². The summed E-state index contributed by atoms with van der Waals surface area (Å²) in [5.41, 5.74) is 0.633. The Balaban J connectivity index is 2.13. The molecular formula is C23H19ClF3N3O2. The third-order valence-corrected chi connectivity index (χ3v) is 5.40. The van der Waals surface area contributed by atoms with Crippen molar-refractivity contribution in [2.45, 2.75) is 25.9 Å². The summed E-state index contributed by atoms with van der Waals surface area (Å²) in [4.78, 5) is 16.8. The molecule has 2 N–H and O–H groups in total. The normalized spacial score (nSPS) is 16.4. The predicted octanol–water partition coefficient (Wildman–Crippen LogP) is 6.12. The summed E-state index contributed by atoms with van der Waals surface area (Å²) in [6, 6.07) is 10.2. The Morgan fingerprint density at radius 2 is 1.88 bits per heavy atom. The highest BCUT2D eigenvalue weighted by Gasteiger charge is 2.38. The second-order valence-corrected chi connectivity index (χ2v) is 7.52. The zero-order valence-corrected chi connectivity index (χ0v) is 18.2. The topological polar surface area (TPSA) is 54.7 Å². The zero-order chi connectivity index (χ0) is 23.6. The quantitative estimate of drug-likeness (QED) is 0.539. The minimum absolute atomic E-state index is 0.122. The molecule has 0 saturated carbocycles. The number of carbonyl (C=O) groups excluding carboxylic acids is 1. The average Bonchev–Trinajstić information content (AvgIpc) is 2.73. The van der Waals surface area contributed by atoms with E-state index in [1.54, 1.807) is 38.1 Å². The van der Waals surface area contributed by atoms with Crippen molar-refractivity contribution in [3.8, 4) is 5.75 Å². The number of allylic oxidation sites excluding steroid dienone is 3. The maximum atomic E-state index is 13.5. The minimum atomic E-state index is -4.68. The lowest BCUT2D eigenvalue weighted by molar-refractivity contribution is -0.137. The Morgan fingerprint density at radius 3 is 2.50 bits per heavy atom. The van der Waals surface area contributed by atoms with Crippen LogP contribution in [0.15, 0.2) is 65.1 Å². The molecule has 2 aromatic carbocycles. The van der Waals surface area contributed by atoms with Crippen molar-refractivity contribution in [3.63, 3.8) is 0 Å². The van der Waals surface area contributed by atoms with Crippen LogP contribution < -0.4 is 15.4 Å². The number of halogens is 4. The number of rotatable bonds is 4. The van der Waals surface area contributed by atoms with Gasteiger partial charge in [-0.05, 0) is 43.7 Å². The molecule has 3 rings (SSSR count). The third kappa shape index (κ3) is 4.43. The maximum Gasteiger partial charge on any atom is 0.417 e. The molecule has 1 atom stereocenters. The van der Waals surface area contributed by atoms with Crippen molar-refractivity contribution < 1.29 is 22.7 Å². The minimum Gasteiger partial charge on any atom is -0.495 e.